The molecular formula is C23H29N5O4. The Hall–Kier alpha value is -3.30. The molecule has 1 aliphatic rings. The second-order valence-corrected chi connectivity index (χ2v) is 8.53. The van der Waals surface area contributed by atoms with Gasteiger partial charge in [0, 0.05) is 32.2 Å². The highest BCUT2D eigenvalue weighted by atomic mass is 16.6. The summed E-state index contributed by atoms with van der Waals surface area (Å²) >= 11 is 0. The number of nitro groups is 1. The molecule has 0 saturated carbocycles. The molecule has 3 N–H and O–H groups in total. The molecule has 170 valence electrons. The van der Waals surface area contributed by atoms with E-state index in [1.54, 1.807) is 32.9 Å². The Morgan fingerprint density at radius 1 is 1.09 bits per heavy atom. The minimum absolute atomic E-state index is 0.141. The van der Waals surface area contributed by atoms with Crippen molar-refractivity contribution >= 4 is 23.2 Å². The van der Waals surface area contributed by atoms with Gasteiger partial charge in [-0.15, -0.1) is 0 Å². The van der Waals surface area contributed by atoms with Crippen LogP contribution in [0.15, 0.2) is 48.5 Å². The zero-order valence-corrected chi connectivity index (χ0v) is 18.6. The van der Waals surface area contributed by atoms with Crippen molar-refractivity contribution in [2.24, 2.45) is 5.73 Å². The molecule has 0 spiro atoms. The Labute approximate surface area is 187 Å². The van der Waals surface area contributed by atoms with E-state index >= 15 is 0 Å². The highest BCUT2D eigenvalue weighted by Gasteiger charge is 2.38. The van der Waals surface area contributed by atoms with Crippen molar-refractivity contribution in [3.05, 3.63) is 69.8 Å². The quantitative estimate of drug-likeness (QED) is 0.505. The Bertz CT molecular complexity index is 1000. The van der Waals surface area contributed by atoms with Gasteiger partial charge < -0.3 is 11.1 Å². The molecule has 32 heavy (non-hydrogen) atoms. The lowest BCUT2D eigenvalue weighted by Gasteiger charge is -2.44. The predicted molar refractivity (Wildman–Crippen MR) is 122 cm³/mol. The fourth-order valence-corrected chi connectivity index (χ4v) is 3.96. The molecule has 1 aliphatic heterocycles. The van der Waals surface area contributed by atoms with Crippen molar-refractivity contribution in [2.75, 3.05) is 31.5 Å². The molecule has 3 rings (SSSR count). The number of nitrogens with two attached hydrogens (primary N) is 1. The minimum Gasteiger partial charge on any atom is -0.368 e. The van der Waals surface area contributed by atoms with Gasteiger partial charge in [0.25, 0.3) is 5.69 Å². The van der Waals surface area contributed by atoms with Gasteiger partial charge in [0.2, 0.25) is 11.8 Å². The number of aryl methyl sites for hydroxylation is 1. The first kappa shape index (κ1) is 23.4. The topological polar surface area (TPSA) is 122 Å². The third-order valence-corrected chi connectivity index (χ3v) is 6.04. The van der Waals surface area contributed by atoms with Crippen molar-refractivity contribution < 1.29 is 14.5 Å². The number of hydrogen-bond acceptors (Lipinski definition) is 6. The normalized spacial score (nSPS) is 16.3. The summed E-state index contributed by atoms with van der Waals surface area (Å²) in [7, 11) is 0. The van der Waals surface area contributed by atoms with Crippen molar-refractivity contribution in [3.8, 4) is 0 Å². The Kier molecular flexibility index (Phi) is 6.90. The van der Waals surface area contributed by atoms with Gasteiger partial charge in [-0.1, -0.05) is 36.4 Å². The van der Waals surface area contributed by atoms with Crippen LogP contribution in [0.5, 0.6) is 0 Å². The summed E-state index contributed by atoms with van der Waals surface area (Å²) in [4.78, 5) is 40.2. The molecule has 0 radical (unpaired) electrons. The van der Waals surface area contributed by atoms with Crippen LogP contribution in [0.25, 0.3) is 0 Å². The third kappa shape index (κ3) is 4.95. The van der Waals surface area contributed by atoms with E-state index in [4.69, 9.17) is 5.73 Å². The Morgan fingerprint density at radius 2 is 1.72 bits per heavy atom. The third-order valence-electron chi connectivity index (χ3n) is 6.04. The smallest absolute Gasteiger partial charge is 0.293 e. The van der Waals surface area contributed by atoms with Crippen LogP contribution in [-0.2, 0) is 9.59 Å². The number of nitro benzene ring substituents is 1. The van der Waals surface area contributed by atoms with E-state index < -0.39 is 22.4 Å². The second-order valence-electron chi connectivity index (χ2n) is 8.53. The van der Waals surface area contributed by atoms with E-state index in [1.807, 2.05) is 40.1 Å². The largest absolute Gasteiger partial charge is 0.368 e. The first-order chi connectivity index (χ1) is 15.1. The molecule has 1 saturated heterocycles. The van der Waals surface area contributed by atoms with Gasteiger partial charge in [-0.3, -0.25) is 29.5 Å². The molecule has 0 unspecified atom stereocenters. The van der Waals surface area contributed by atoms with Crippen LogP contribution < -0.4 is 11.1 Å². The SMILES string of the molecule is Cc1ccc(NC(=O)[C@@H](c2ccccc2)N2CCN(C(C)(C)C(N)=O)CC2)c([N+](=O)[O-])c1. The Balaban J connectivity index is 1.85. The zero-order valence-electron chi connectivity index (χ0n) is 18.6. The van der Waals surface area contributed by atoms with E-state index in [1.165, 1.54) is 6.07 Å². The fourth-order valence-electron chi connectivity index (χ4n) is 3.96. The molecule has 2 aromatic carbocycles. The van der Waals surface area contributed by atoms with E-state index in [2.05, 4.69) is 5.32 Å². The molecule has 9 heteroatoms. The monoisotopic (exact) mass is 439 g/mol. The lowest BCUT2D eigenvalue weighted by molar-refractivity contribution is -0.384. The van der Waals surface area contributed by atoms with Crippen molar-refractivity contribution in [3.63, 3.8) is 0 Å². The molecule has 1 heterocycles. The maximum Gasteiger partial charge on any atom is 0.293 e. The summed E-state index contributed by atoms with van der Waals surface area (Å²) in [5.41, 5.74) is 6.34. The van der Waals surface area contributed by atoms with Crippen LogP contribution in [0.2, 0.25) is 0 Å². The number of primary amides is 1. The molecule has 1 fully saturated rings. The highest BCUT2D eigenvalue weighted by Crippen LogP contribution is 2.30. The molecule has 1 atom stereocenters. The molecule has 9 nitrogen and oxygen atoms in total. The first-order valence-corrected chi connectivity index (χ1v) is 10.5. The second kappa shape index (κ2) is 9.46. The van der Waals surface area contributed by atoms with Gasteiger partial charge in [0.1, 0.15) is 11.7 Å². The summed E-state index contributed by atoms with van der Waals surface area (Å²) in [5.74, 6) is -0.735. The molecule has 0 aliphatic carbocycles. The van der Waals surface area contributed by atoms with Crippen LogP contribution in [0, 0.1) is 17.0 Å². The van der Waals surface area contributed by atoms with Crippen LogP contribution >= 0.6 is 0 Å². The highest BCUT2D eigenvalue weighted by molar-refractivity contribution is 5.97. The van der Waals surface area contributed by atoms with Crippen LogP contribution in [0.4, 0.5) is 11.4 Å². The number of carbonyl (C=O) groups is 2. The van der Waals surface area contributed by atoms with Crippen molar-refractivity contribution in [2.45, 2.75) is 32.4 Å². The van der Waals surface area contributed by atoms with Gasteiger partial charge in [-0.2, -0.15) is 0 Å². The molecular weight excluding hydrogens is 410 g/mol. The van der Waals surface area contributed by atoms with Crippen molar-refractivity contribution in [1.82, 2.24) is 9.80 Å². The molecule has 2 aromatic rings. The number of piperazine rings is 1. The number of rotatable bonds is 7. The van der Waals surface area contributed by atoms with Gasteiger partial charge in [0.05, 0.1) is 10.5 Å². The average Bonchev–Trinajstić information content (AvgIpc) is 2.76. The van der Waals surface area contributed by atoms with Gasteiger partial charge in [-0.05, 0) is 38.0 Å². The zero-order chi connectivity index (χ0) is 23.5. The number of benzene rings is 2. The predicted octanol–water partition coefficient (Wildman–Crippen LogP) is 2.46. The molecule has 0 aromatic heterocycles. The summed E-state index contributed by atoms with van der Waals surface area (Å²) in [5, 5.41) is 14.2. The number of nitrogens with one attached hydrogen (secondary N) is 1. The lowest BCUT2D eigenvalue weighted by atomic mass is 9.99. The number of amides is 2. The standard InChI is InChI=1S/C23H29N5O4/c1-16-9-10-18(19(15-16)28(31)32)25-21(29)20(17-7-5-4-6-8-17)26-11-13-27(14-12-26)23(2,3)22(24)30/h4-10,15,20H,11-14H2,1-3H3,(H2,24,30)(H,25,29)/t20-/m1/s1. The summed E-state index contributed by atoms with van der Waals surface area (Å²) < 4.78 is 0. The summed E-state index contributed by atoms with van der Waals surface area (Å²) in [6.45, 7) is 7.57. The number of anilines is 1. The van der Waals surface area contributed by atoms with Crippen LogP contribution in [0.1, 0.15) is 31.0 Å². The molecule has 0 bridgehead atoms. The van der Waals surface area contributed by atoms with Gasteiger partial charge in [-0.25, -0.2) is 0 Å². The average molecular weight is 440 g/mol. The first-order valence-electron chi connectivity index (χ1n) is 10.5. The van der Waals surface area contributed by atoms with Crippen molar-refractivity contribution in [1.29, 1.82) is 0 Å². The van der Waals surface area contributed by atoms with Gasteiger partial charge in [0.15, 0.2) is 0 Å². The minimum atomic E-state index is -0.779. The Morgan fingerprint density at radius 3 is 2.28 bits per heavy atom. The van der Waals surface area contributed by atoms with E-state index in [0.717, 1.165) is 11.1 Å². The molecule has 2 amide bonds. The van der Waals surface area contributed by atoms with E-state index in [-0.39, 0.29) is 17.3 Å². The van der Waals surface area contributed by atoms with Crippen LogP contribution in [-0.4, -0.2) is 58.3 Å². The van der Waals surface area contributed by atoms with Crippen LogP contribution in [0.3, 0.4) is 0 Å². The van der Waals surface area contributed by atoms with E-state index in [0.29, 0.717) is 26.2 Å². The van der Waals surface area contributed by atoms with Gasteiger partial charge >= 0.3 is 0 Å². The maximum absolute atomic E-state index is 13.4. The maximum atomic E-state index is 13.4. The van der Waals surface area contributed by atoms with E-state index in [9.17, 15) is 19.7 Å². The summed E-state index contributed by atoms with van der Waals surface area (Å²) in [6, 6.07) is 13.4. The number of nitrogens with zero attached hydrogens (tertiary/aromatic N) is 3. The lowest BCUT2D eigenvalue weighted by Crippen LogP contribution is -2.60. The number of hydrogen-bond donors (Lipinski definition) is 2. The number of carbonyl (C=O) groups excluding carboxylic acids is 2. The summed E-state index contributed by atoms with van der Waals surface area (Å²) in [6.07, 6.45) is 0. The fraction of sp³-hybridized carbons (Fsp3) is 0.391.